The Morgan fingerprint density at radius 1 is 1.27 bits per heavy atom. The van der Waals surface area contributed by atoms with E-state index in [0.29, 0.717) is 5.39 Å². The van der Waals surface area contributed by atoms with Crippen LogP contribution in [0.4, 0.5) is 11.4 Å². The lowest BCUT2D eigenvalue weighted by molar-refractivity contribution is -0.382. The highest BCUT2D eigenvalue weighted by Gasteiger charge is 2.15. The molecular weight excluding hydrogens is 260 g/mol. The van der Waals surface area contributed by atoms with Crippen molar-refractivity contribution in [1.82, 2.24) is 0 Å². The summed E-state index contributed by atoms with van der Waals surface area (Å²) in [5.41, 5.74) is 5.73. The second-order valence-corrected chi connectivity index (χ2v) is 4.04. The van der Waals surface area contributed by atoms with Crippen molar-refractivity contribution in [2.45, 2.75) is 0 Å². The number of nitrogen functional groups attached to an aromatic ring is 1. The zero-order chi connectivity index (χ0) is 11.0. The molecule has 0 spiro atoms. The first-order chi connectivity index (χ1) is 7.09. The van der Waals surface area contributed by atoms with Crippen molar-refractivity contribution >= 4 is 38.1 Å². The van der Waals surface area contributed by atoms with Crippen LogP contribution >= 0.6 is 15.9 Å². The van der Waals surface area contributed by atoms with Crippen LogP contribution in [0.5, 0.6) is 0 Å². The fourth-order valence-corrected chi connectivity index (χ4v) is 1.88. The highest BCUT2D eigenvalue weighted by molar-refractivity contribution is 9.10. The smallest absolute Gasteiger partial charge is 0.299 e. The Bertz CT molecular complexity index is 554. The van der Waals surface area contributed by atoms with Gasteiger partial charge in [0.25, 0.3) is 5.69 Å². The van der Waals surface area contributed by atoms with Gasteiger partial charge >= 0.3 is 0 Å². The number of nitrogens with zero attached hydrogens (tertiary/aromatic N) is 1. The van der Waals surface area contributed by atoms with Crippen LogP contribution in [-0.2, 0) is 0 Å². The molecule has 4 nitrogen and oxygen atoms in total. The third-order valence-electron chi connectivity index (χ3n) is 2.17. The fraction of sp³-hybridized carbons (Fsp3) is 0. The maximum Gasteiger partial charge on any atom is 0.299 e. The van der Waals surface area contributed by atoms with E-state index >= 15 is 0 Å². The second kappa shape index (κ2) is 3.51. The number of rotatable bonds is 1. The first kappa shape index (κ1) is 9.92. The summed E-state index contributed by atoms with van der Waals surface area (Å²) >= 11 is 3.31. The molecule has 0 amide bonds. The standard InChI is InChI=1S/C10H7BrN2O2/c11-7-2-3-8-6(5-7)1-4-9(12)10(8)13(14)15/h1-5H,12H2. The molecule has 0 radical (unpaired) electrons. The molecule has 0 aliphatic rings. The Labute approximate surface area is 94.0 Å². The van der Waals surface area contributed by atoms with E-state index in [1.165, 1.54) is 0 Å². The summed E-state index contributed by atoms with van der Waals surface area (Å²) < 4.78 is 0.883. The van der Waals surface area contributed by atoms with Crippen molar-refractivity contribution < 1.29 is 4.92 Å². The van der Waals surface area contributed by atoms with Crippen LogP contribution in [0.25, 0.3) is 10.8 Å². The zero-order valence-corrected chi connectivity index (χ0v) is 9.19. The molecule has 0 aliphatic carbocycles. The van der Waals surface area contributed by atoms with E-state index in [2.05, 4.69) is 15.9 Å². The predicted octanol–water partition coefficient (Wildman–Crippen LogP) is 3.09. The highest BCUT2D eigenvalue weighted by Crippen LogP contribution is 2.32. The van der Waals surface area contributed by atoms with Crippen LogP contribution in [-0.4, -0.2) is 4.92 Å². The topological polar surface area (TPSA) is 69.2 Å². The van der Waals surface area contributed by atoms with Gasteiger partial charge in [0.15, 0.2) is 0 Å². The van der Waals surface area contributed by atoms with Crippen LogP contribution in [0, 0.1) is 10.1 Å². The predicted molar refractivity (Wildman–Crippen MR) is 62.7 cm³/mol. The van der Waals surface area contributed by atoms with E-state index in [-0.39, 0.29) is 11.4 Å². The number of anilines is 1. The third kappa shape index (κ3) is 1.66. The molecule has 0 atom stereocenters. The van der Waals surface area contributed by atoms with Crippen molar-refractivity contribution in [3.63, 3.8) is 0 Å². The minimum Gasteiger partial charge on any atom is -0.393 e. The van der Waals surface area contributed by atoms with Crippen LogP contribution < -0.4 is 5.73 Å². The monoisotopic (exact) mass is 266 g/mol. The molecule has 76 valence electrons. The number of benzene rings is 2. The minimum absolute atomic E-state index is 0.0278. The third-order valence-corrected chi connectivity index (χ3v) is 2.66. The largest absolute Gasteiger partial charge is 0.393 e. The lowest BCUT2D eigenvalue weighted by Crippen LogP contribution is -1.96. The molecule has 0 heterocycles. The van der Waals surface area contributed by atoms with Gasteiger partial charge in [0, 0.05) is 4.47 Å². The zero-order valence-electron chi connectivity index (χ0n) is 7.61. The lowest BCUT2D eigenvalue weighted by atomic mass is 10.1. The van der Waals surface area contributed by atoms with Crippen LogP contribution in [0.1, 0.15) is 0 Å². The van der Waals surface area contributed by atoms with Crippen LogP contribution in [0.15, 0.2) is 34.8 Å². The number of hydrogen-bond acceptors (Lipinski definition) is 3. The van der Waals surface area contributed by atoms with Gasteiger partial charge in [0.2, 0.25) is 0 Å². The normalized spacial score (nSPS) is 10.5. The average Bonchev–Trinajstić information content (AvgIpc) is 2.17. The van der Waals surface area contributed by atoms with Crippen molar-refractivity contribution in [2.24, 2.45) is 0 Å². The molecule has 0 saturated heterocycles. The van der Waals surface area contributed by atoms with E-state index < -0.39 is 4.92 Å². The fourth-order valence-electron chi connectivity index (χ4n) is 1.50. The molecule has 0 unspecified atom stereocenters. The Morgan fingerprint density at radius 3 is 2.67 bits per heavy atom. The number of nitro groups is 1. The van der Waals surface area contributed by atoms with Crippen molar-refractivity contribution in [3.05, 3.63) is 44.9 Å². The van der Waals surface area contributed by atoms with E-state index in [1.807, 2.05) is 6.07 Å². The molecule has 15 heavy (non-hydrogen) atoms. The lowest BCUT2D eigenvalue weighted by Gasteiger charge is -2.02. The summed E-state index contributed by atoms with van der Waals surface area (Å²) in [6.07, 6.45) is 0. The summed E-state index contributed by atoms with van der Waals surface area (Å²) in [7, 11) is 0. The molecular formula is C10H7BrN2O2. The van der Waals surface area contributed by atoms with Gasteiger partial charge in [-0.15, -0.1) is 0 Å². The number of nitro benzene ring substituents is 1. The van der Waals surface area contributed by atoms with Crippen molar-refractivity contribution in [2.75, 3.05) is 5.73 Å². The van der Waals surface area contributed by atoms with Gasteiger partial charge < -0.3 is 5.73 Å². The van der Waals surface area contributed by atoms with Gasteiger partial charge in [-0.05, 0) is 29.7 Å². The molecule has 2 aromatic rings. The molecule has 2 rings (SSSR count). The van der Waals surface area contributed by atoms with Crippen LogP contribution in [0.2, 0.25) is 0 Å². The second-order valence-electron chi connectivity index (χ2n) is 3.13. The summed E-state index contributed by atoms with van der Waals surface area (Å²) in [5, 5.41) is 12.2. The molecule has 2 aromatic carbocycles. The Balaban J connectivity index is 2.88. The Kier molecular flexibility index (Phi) is 2.32. The maximum absolute atomic E-state index is 10.8. The van der Waals surface area contributed by atoms with E-state index in [4.69, 9.17) is 5.73 Å². The molecule has 0 saturated carbocycles. The number of fused-ring (bicyclic) bond motifs is 1. The van der Waals surface area contributed by atoms with Gasteiger partial charge in [-0.2, -0.15) is 0 Å². The first-order valence-electron chi connectivity index (χ1n) is 4.22. The first-order valence-corrected chi connectivity index (χ1v) is 5.01. The molecule has 5 heteroatoms. The van der Waals surface area contributed by atoms with Crippen molar-refractivity contribution in [1.29, 1.82) is 0 Å². The number of hydrogen-bond donors (Lipinski definition) is 1. The van der Waals surface area contributed by atoms with Gasteiger partial charge in [-0.3, -0.25) is 10.1 Å². The Morgan fingerprint density at radius 2 is 2.00 bits per heavy atom. The van der Waals surface area contributed by atoms with Crippen LogP contribution in [0.3, 0.4) is 0 Å². The minimum atomic E-state index is -0.453. The SMILES string of the molecule is Nc1ccc2cc(Br)ccc2c1[N+](=O)[O-]. The van der Waals surface area contributed by atoms with Gasteiger partial charge in [-0.1, -0.05) is 22.0 Å². The van der Waals surface area contributed by atoms with Crippen molar-refractivity contribution in [3.8, 4) is 0 Å². The molecule has 0 bridgehead atoms. The average molecular weight is 267 g/mol. The molecule has 0 aromatic heterocycles. The summed E-state index contributed by atoms with van der Waals surface area (Å²) in [4.78, 5) is 10.4. The van der Waals surface area contributed by atoms with Gasteiger partial charge in [-0.25, -0.2) is 0 Å². The molecule has 0 aliphatic heterocycles. The number of nitrogens with two attached hydrogens (primary N) is 1. The summed E-state index contributed by atoms with van der Waals surface area (Å²) in [5.74, 6) is 0. The maximum atomic E-state index is 10.8. The quantitative estimate of drug-likeness (QED) is 0.490. The summed E-state index contributed by atoms with van der Waals surface area (Å²) in [6.45, 7) is 0. The van der Waals surface area contributed by atoms with E-state index in [0.717, 1.165) is 9.86 Å². The van der Waals surface area contributed by atoms with E-state index in [1.54, 1.807) is 24.3 Å². The van der Waals surface area contributed by atoms with Gasteiger partial charge in [0.05, 0.1) is 10.3 Å². The van der Waals surface area contributed by atoms with E-state index in [9.17, 15) is 10.1 Å². The Hall–Kier alpha value is -1.62. The molecule has 0 fully saturated rings. The number of halogens is 1. The molecule has 2 N–H and O–H groups in total. The highest BCUT2D eigenvalue weighted by atomic mass is 79.9. The van der Waals surface area contributed by atoms with Gasteiger partial charge in [0.1, 0.15) is 5.69 Å². The summed E-state index contributed by atoms with van der Waals surface area (Å²) in [6, 6.07) is 8.58.